The Morgan fingerprint density at radius 3 is 3.07 bits per heavy atom. The summed E-state index contributed by atoms with van der Waals surface area (Å²) >= 11 is 3.43. The fraction of sp³-hybridized carbons (Fsp3) is 0.364. The molecule has 2 rings (SSSR count). The number of nitrogens with zero attached hydrogens (tertiary/aromatic N) is 2. The molecule has 0 amide bonds. The Balaban J connectivity index is 2.23. The quantitative estimate of drug-likeness (QED) is 0.927. The molecule has 0 saturated carbocycles. The highest BCUT2D eigenvalue weighted by Gasteiger charge is 2.02. The topological polar surface area (TPSA) is 29.3 Å². The summed E-state index contributed by atoms with van der Waals surface area (Å²) in [5.74, 6) is 0. The van der Waals surface area contributed by atoms with E-state index in [1.807, 2.05) is 22.7 Å². The van der Waals surface area contributed by atoms with Crippen LogP contribution in [-0.2, 0) is 6.54 Å². The van der Waals surface area contributed by atoms with Gasteiger partial charge in [-0.3, -0.25) is 0 Å². The van der Waals surface area contributed by atoms with Gasteiger partial charge in [-0.05, 0) is 12.1 Å². The highest BCUT2D eigenvalue weighted by Crippen LogP contribution is 2.13. The molecule has 0 saturated heterocycles. The Morgan fingerprint density at radius 2 is 2.33 bits per heavy atom. The lowest BCUT2D eigenvalue weighted by Gasteiger charge is -2.04. The fourth-order valence-corrected chi connectivity index (χ4v) is 1.73. The Kier molecular flexibility index (Phi) is 3.07. The second-order valence-corrected chi connectivity index (χ2v) is 4.79. The zero-order valence-corrected chi connectivity index (χ0v) is 10.5. The molecule has 0 aliphatic heterocycles. The van der Waals surface area contributed by atoms with Gasteiger partial charge >= 0.3 is 0 Å². The molecule has 0 aliphatic carbocycles. The van der Waals surface area contributed by atoms with Crippen LogP contribution in [0.25, 0.3) is 5.65 Å². The molecule has 2 aromatic rings. The van der Waals surface area contributed by atoms with Crippen LogP contribution in [0.5, 0.6) is 0 Å². The van der Waals surface area contributed by atoms with Crippen molar-refractivity contribution in [3.05, 3.63) is 34.7 Å². The minimum absolute atomic E-state index is 0.488. The van der Waals surface area contributed by atoms with E-state index in [2.05, 4.69) is 46.3 Å². The number of fused-ring (bicyclic) bond motifs is 1. The summed E-state index contributed by atoms with van der Waals surface area (Å²) in [4.78, 5) is 4.52. The van der Waals surface area contributed by atoms with E-state index in [0.717, 1.165) is 22.4 Å². The largest absolute Gasteiger partial charge is 0.309 e. The van der Waals surface area contributed by atoms with Crippen LogP contribution in [0.1, 0.15) is 19.5 Å². The summed E-state index contributed by atoms with van der Waals surface area (Å²) in [7, 11) is 0. The molecular formula is C11H14BrN3. The van der Waals surface area contributed by atoms with Crippen molar-refractivity contribution in [1.29, 1.82) is 0 Å². The molecule has 4 heteroatoms. The summed E-state index contributed by atoms with van der Waals surface area (Å²) in [6.07, 6.45) is 4.06. The van der Waals surface area contributed by atoms with Gasteiger partial charge in [-0.15, -0.1) is 0 Å². The molecule has 0 spiro atoms. The van der Waals surface area contributed by atoms with Crippen molar-refractivity contribution in [3.63, 3.8) is 0 Å². The lowest BCUT2D eigenvalue weighted by molar-refractivity contribution is 0.583. The molecule has 0 aromatic carbocycles. The first-order valence-electron chi connectivity index (χ1n) is 5.01. The Labute approximate surface area is 97.6 Å². The average molecular weight is 268 g/mol. The molecule has 2 aromatic heterocycles. The third-order valence-corrected chi connectivity index (χ3v) is 2.66. The molecule has 3 nitrogen and oxygen atoms in total. The van der Waals surface area contributed by atoms with Gasteiger partial charge in [0.2, 0.25) is 0 Å². The lowest BCUT2D eigenvalue weighted by atomic mass is 10.3. The van der Waals surface area contributed by atoms with Gasteiger partial charge in [0, 0.05) is 29.5 Å². The van der Waals surface area contributed by atoms with E-state index in [1.54, 1.807) is 0 Å². The van der Waals surface area contributed by atoms with Crippen molar-refractivity contribution >= 4 is 21.6 Å². The lowest BCUT2D eigenvalue weighted by Crippen LogP contribution is -2.21. The van der Waals surface area contributed by atoms with Gasteiger partial charge < -0.3 is 9.72 Å². The average Bonchev–Trinajstić information content (AvgIpc) is 2.56. The first-order valence-corrected chi connectivity index (χ1v) is 5.81. The molecule has 0 unspecified atom stereocenters. The number of pyridine rings is 1. The maximum Gasteiger partial charge on any atom is 0.138 e. The minimum atomic E-state index is 0.488. The van der Waals surface area contributed by atoms with E-state index in [1.165, 1.54) is 0 Å². The molecule has 80 valence electrons. The summed E-state index contributed by atoms with van der Waals surface area (Å²) in [6.45, 7) is 5.08. The van der Waals surface area contributed by atoms with Crippen molar-refractivity contribution in [2.75, 3.05) is 0 Å². The van der Waals surface area contributed by atoms with Crippen LogP contribution in [-0.4, -0.2) is 15.4 Å². The standard InChI is InChI=1S/C11H14BrN3/c1-8(2)13-6-10-7-15-4-3-9(12)5-11(15)14-10/h3-5,7-8,13H,6H2,1-2H3. The molecule has 0 bridgehead atoms. The van der Waals surface area contributed by atoms with Gasteiger partial charge in [0.15, 0.2) is 0 Å². The highest BCUT2D eigenvalue weighted by molar-refractivity contribution is 9.10. The summed E-state index contributed by atoms with van der Waals surface area (Å²) in [5, 5.41) is 3.35. The van der Waals surface area contributed by atoms with E-state index in [-0.39, 0.29) is 0 Å². The van der Waals surface area contributed by atoms with Crippen molar-refractivity contribution in [3.8, 4) is 0 Å². The highest BCUT2D eigenvalue weighted by atomic mass is 79.9. The monoisotopic (exact) mass is 267 g/mol. The van der Waals surface area contributed by atoms with Crippen molar-refractivity contribution in [2.45, 2.75) is 26.4 Å². The normalized spacial score (nSPS) is 11.5. The van der Waals surface area contributed by atoms with E-state index < -0.39 is 0 Å². The third kappa shape index (κ3) is 2.58. The molecule has 0 fully saturated rings. The van der Waals surface area contributed by atoms with E-state index in [4.69, 9.17) is 0 Å². The molecule has 2 heterocycles. The summed E-state index contributed by atoms with van der Waals surface area (Å²) in [6, 6.07) is 4.51. The smallest absolute Gasteiger partial charge is 0.138 e. The zero-order chi connectivity index (χ0) is 10.8. The molecular weight excluding hydrogens is 254 g/mol. The van der Waals surface area contributed by atoms with Crippen LogP contribution < -0.4 is 5.32 Å². The number of aromatic nitrogens is 2. The molecule has 0 atom stereocenters. The predicted molar refractivity (Wildman–Crippen MR) is 64.9 cm³/mol. The summed E-state index contributed by atoms with van der Waals surface area (Å²) < 4.78 is 3.09. The van der Waals surface area contributed by atoms with Gasteiger partial charge in [-0.2, -0.15) is 0 Å². The fourth-order valence-electron chi connectivity index (χ4n) is 1.40. The first-order chi connectivity index (χ1) is 7.15. The number of rotatable bonds is 3. The Morgan fingerprint density at radius 1 is 1.53 bits per heavy atom. The van der Waals surface area contributed by atoms with E-state index >= 15 is 0 Å². The Hall–Kier alpha value is -0.870. The predicted octanol–water partition coefficient (Wildman–Crippen LogP) is 2.59. The Bertz CT molecular complexity index is 462. The SMILES string of the molecule is CC(C)NCc1cn2ccc(Br)cc2n1. The molecule has 1 N–H and O–H groups in total. The first kappa shape index (κ1) is 10.6. The van der Waals surface area contributed by atoms with Gasteiger partial charge in [0.1, 0.15) is 5.65 Å². The maximum atomic E-state index is 4.52. The van der Waals surface area contributed by atoms with Crippen LogP contribution in [0.3, 0.4) is 0 Å². The molecule has 0 aliphatic rings. The summed E-state index contributed by atoms with van der Waals surface area (Å²) in [5.41, 5.74) is 2.05. The van der Waals surface area contributed by atoms with Crippen LogP contribution in [0.4, 0.5) is 0 Å². The van der Waals surface area contributed by atoms with E-state index in [0.29, 0.717) is 6.04 Å². The molecule has 0 radical (unpaired) electrons. The zero-order valence-electron chi connectivity index (χ0n) is 8.87. The maximum absolute atomic E-state index is 4.52. The minimum Gasteiger partial charge on any atom is -0.309 e. The van der Waals surface area contributed by atoms with Gasteiger partial charge in [0.25, 0.3) is 0 Å². The van der Waals surface area contributed by atoms with Gasteiger partial charge in [0.05, 0.1) is 5.69 Å². The number of imidazole rings is 1. The number of nitrogens with one attached hydrogen (secondary N) is 1. The van der Waals surface area contributed by atoms with Gasteiger partial charge in [-0.25, -0.2) is 4.98 Å². The van der Waals surface area contributed by atoms with Gasteiger partial charge in [-0.1, -0.05) is 29.8 Å². The van der Waals surface area contributed by atoms with Crippen molar-refractivity contribution in [2.24, 2.45) is 0 Å². The number of halogens is 1. The third-order valence-electron chi connectivity index (χ3n) is 2.16. The second kappa shape index (κ2) is 4.33. The second-order valence-electron chi connectivity index (χ2n) is 3.88. The number of hydrogen-bond acceptors (Lipinski definition) is 2. The van der Waals surface area contributed by atoms with Crippen LogP contribution in [0, 0.1) is 0 Å². The van der Waals surface area contributed by atoms with Crippen LogP contribution in [0.2, 0.25) is 0 Å². The van der Waals surface area contributed by atoms with Crippen LogP contribution in [0.15, 0.2) is 29.0 Å². The van der Waals surface area contributed by atoms with Crippen molar-refractivity contribution in [1.82, 2.24) is 14.7 Å². The van der Waals surface area contributed by atoms with Crippen molar-refractivity contribution < 1.29 is 0 Å². The molecule has 15 heavy (non-hydrogen) atoms. The number of hydrogen-bond donors (Lipinski definition) is 1. The van der Waals surface area contributed by atoms with E-state index in [9.17, 15) is 0 Å². The van der Waals surface area contributed by atoms with Crippen LogP contribution >= 0.6 is 15.9 Å².